The van der Waals surface area contributed by atoms with Crippen molar-refractivity contribution in [2.75, 3.05) is 5.32 Å². The molecule has 0 atom stereocenters. The minimum Gasteiger partial charge on any atom is -0.325 e. The predicted molar refractivity (Wildman–Crippen MR) is 81.9 cm³/mol. The van der Waals surface area contributed by atoms with E-state index in [2.05, 4.69) is 5.32 Å². The zero-order chi connectivity index (χ0) is 16.9. The van der Waals surface area contributed by atoms with Gasteiger partial charge in [0.2, 0.25) is 5.91 Å². The van der Waals surface area contributed by atoms with Gasteiger partial charge in [-0.25, -0.2) is 0 Å². The van der Waals surface area contributed by atoms with Crippen molar-refractivity contribution in [2.45, 2.75) is 57.2 Å². The van der Waals surface area contributed by atoms with Gasteiger partial charge in [-0.2, -0.15) is 13.2 Å². The SMILES string of the molecule is Cc1cc(C(F)(F)F)ccc1NC(=O)C12CCC(N)(CC1)CC2. The number of alkyl halides is 3. The number of carbonyl (C=O) groups excluding carboxylic acids is 1. The number of aryl methyl sites for hydroxylation is 1. The lowest BCUT2D eigenvalue weighted by atomic mass is 9.57. The molecule has 3 fully saturated rings. The van der Waals surface area contributed by atoms with Crippen LogP contribution in [-0.2, 0) is 11.0 Å². The van der Waals surface area contributed by atoms with Gasteiger partial charge in [0.05, 0.1) is 5.56 Å². The lowest BCUT2D eigenvalue weighted by molar-refractivity contribution is -0.137. The topological polar surface area (TPSA) is 55.1 Å². The number of nitrogens with one attached hydrogen (secondary N) is 1. The highest BCUT2D eigenvalue weighted by atomic mass is 19.4. The van der Waals surface area contributed by atoms with E-state index in [4.69, 9.17) is 5.73 Å². The van der Waals surface area contributed by atoms with E-state index in [1.54, 1.807) is 6.92 Å². The standard InChI is InChI=1S/C17H21F3N2O/c1-11-10-12(17(18,19)20)2-3-13(11)22-14(23)15-4-7-16(21,8-5-15)9-6-15/h2-3,10H,4-9,21H2,1H3,(H,22,23). The monoisotopic (exact) mass is 326 g/mol. The smallest absolute Gasteiger partial charge is 0.325 e. The summed E-state index contributed by atoms with van der Waals surface area (Å²) in [6.45, 7) is 1.58. The number of benzene rings is 1. The Morgan fingerprint density at radius 3 is 2.17 bits per heavy atom. The average molecular weight is 326 g/mol. The van der Waals surface area contributed by atoms with E-state index in [0.29, 0.717) is 11.3 Å². The third-order valence-electron chi connectivity index (χ3n) is 5.59. The molecule has 1 aromatic carbocycles. The number of carbonyl (C=O) groups is 1. The van der Waals surface area contributed by atoms with Crippen LogP contribution in [0, 0.1) is 12.3 Å². The van der Waals surface area contributed by atoms with Gasteiger partial charge in [0.25, 0.3) is 0 Å². The summed E-state index contributed by atoms with van der Waals surface area (Å²) >= 11 is 0. The molecule has 126 valence electrons. The highest BCUT2D eigenvalue weighted by Gasteiger charge is 2.50. The van der Waals surface area contributed by atoms with Gasteiger partial charge >= 0.3 is 6.18 Å². The first-order valence-electron chi connectivity index (χ1n) is 7.92. The molecule has 4 rings (SSSR count). The lowest BCUT2D eigenvalue weighted by Crippen LogP contribution is -2.55. The minimum absolute atomic E-state index is 0.0814. The molecule has 6 heteroatoms. The Labute approximate surface area is 133 Å². The van der Waals surface area contributed by atoms with Crippen molar-refractivity contribution >= 4 is 11.6 Å². The maximum atomic E-state index is 12.7. The zero-order valence-corrected chi connectivity index (χ0v) is 13.1. The summed E-state index contributed by atoms with van der Waals surface area (Å²) in [5, 5.41) is 2.84. The number of anilines is 1. The van der Waals surface area contributed by atoms with Crippen molar-refractivity contribution < 1.29 is 18.0 Å². The number of halogens is 3. The van der Waals surface area contributed by atoms with Crippen LogP contribution in [0.2, 0.25) is 0 Å². The average Bonchev–Trinajstić information content (AvgIpc) is 2.49. The van der Waals surface area contributed by atoms with Crippen molar-refractivity contribution in [2.24, 2.45) is 11.1 Å². The van der Waals surface area contributed by atoms with Crippen LogP contribution in [0.15, 0.2) is 18.2 Å². The molecule has 0 heterocycles. The summed E-state index contributed by atoms with van der Waals surface area (Å²) in [7, 11) is 0. The van der Waals surface area contributed by atoms with Crippen molar-refractivity contribution in [1.29, 1.82) is 0 Å². The van der Waals surface area contributed by atoms with Gasteiger partial charge in [0.1, 0.15) is 0 Å². The third kappa shape index (κ3) is 2.96. The van der Waals surface area contributed by atoms with Crippen LogP contribution in [0.3, 0.4) is 0 Å². The van der Waals surface area contributed by atoms with Crippen LogP contribution in [0.4, 0.5) is 18.9 Å². The highest BCUT2D eigenvalue weighted by Crippen LogP contribution is 2.51. The maximum Gasteiger partial charge on any atom is 0.416 e. The molecule has 3 saturated carbocycles. The second-order valence-corrected chi connectivity index (χ2v) is 7.12. The first-order valence-corrected chi connectivity index (χ1v) is 7.92. The van der Waals surface area contributed by atoms with Gasteiger partial charge in [-0.1, -0.05) is 0 Å². The summed E-state index contributed by atoms with van der Waals surface area (Å²) in [6, 6.07) is 3.42. The fourth-order valence-corrected chi connectivity index (χ4v) is 3.79. The van der Waals surface area contributed by atoms with Crippen LogP contribution in [0.1, 0.15) is 49.7 Å². The van der Waals surface area contributed by atoms with E-state index in [0.717, 1.165) is 50.7 Å². The van der Waals surface area contributed by atoms with Gasteiger partial charge in [-0.15, -0.1) is 0 Å². The Morgan fingerprint density at radius 2 is 1.70 bits per heavy atom. The Kier molecular flexibility index (Phi) is 3.71. The van der Waals surface area contributed by atoms with Gasteiger partial charge in [0.15, 0.2) is 0 Å². The Morgan fingerprint density at radius 1 is 1.13 bits per heavy atom. The minimum atomic E-state index is -4.37. The summed E-state index contributed by atoms with van der Waals surface area (Å²) in [5.74, 6) is -0.0814. The molecule has 0 spiro atoms. The van der Waals surface area contributed by atoms with E-state index in [1.165, 1.54) is 6.07 Å². The Bertz CT molecular complexity index is 615. The van der Waals surface area contributed by atoms with Crippen LogP contribution >= 0.6 is 0 Å². The summed E-state index contributed by atoms with van der Waals surface area (Å²) in [6.07, 6.45) is 0.424. The molecule has 2 bridgehead atoms. The predicted octanol–water partition coefficient (Wildman–Crippen LogP) is 4.00. The molecular weight excluding hydrogens is 305 g/mol. The van der Waals surface area contributed by atoms with Crippen LogP contribution in [0.25, 0.3) is 0 Å². The molecule has 0 aliphatic heterocycles. The number of nitrogens with two attached hydrogens (primary N) is 1. The van der Waals surface area contributed by atoms with Gasteiger partial charge in [0, 0.05) is 16.6 Å². The molecule has 0 radical (unpaired) electrons. The van der Waals surface area contributed by atoms with Crippen LogP contribution in [-0.4, -0.2) is 11.4 Å². The van der Waals surface area contributed by atoms with E-state index >= 15 is 0 Å². The van der Waals surface area contributed by atoms with Crippen molar-refractivity contribution in [3.05, 3.63) is 29.3 Å². The van der Waals surface area contributed by atoms with E-state index < -0.39 is 17.2 Å². The van der Waals surface area contributed by atoms with E-state index in [9.17, 15) is 18.0 Å². The number of fused-ring (bicyclic) bond motifs is 3. The quantitative estimate of drug-likeness (QED) is 0.863. The molecule has 0 saturated heterocycles. The number of hydrogen-bond donors (Lipinski definition) is 2. The second-order valence-electron chi connectivity index (χ2n) is 7.12. The molecule has 3 aliphatic carbocycles. The zero-order valence-electron chi connectivity index (χ0n) is 13.1. The Hall–Kier alpha value is -1.56. The molecule has 0 aromatic heterocycles. The second kappa shape index (κ2) is 5.23. The van der Waals surface area contributed by atoms with E-state index in [1.807, 2.05) is 0 Å². The fraction of sp³-hybridized carbons (Fsp3) is 0.588. The maximum absolute atomic E-state index is 12.7. The van der Waals surface area contributed by atoms with Crippen molar-refractivity contribution in [1.82, 2.24) is 0 Å². The van der Waals surface area contributed by atoms with Crippen LogP contribution in [0.5, 0.6) is 0 Å². The molecule has 23 heavy (non-hydrogen) atoms. The van der Waals surface area contributed by atoms with Gasteiger partial charge in [-0.3, -0.25) is 4.79 Å². The van der Waals surface area contributed by atoms with Gasteiger partial charge in [-0.05, 0) is 69.2 Å². The number of amides is 1. The first-order chi connectivity index (χ1) is 10.6. The third-order valence-corrected chi connectivity index (χ3v) is 5.59. The van der Waals surface area contributed by atoms with Crippen molar-refractivity contribution in [3.8, 4) is 0 Å². The van der Waals surface area contributed by atoms with Crippen molar-refractivity contribution in [3.63, 3.8) is 0 Å². The van der Waals surface area contributed by atoms with Gasteiger partial charge < -0.3 is 11.1 Å². The summed E-state index contributed by atoms with van der Waals surface area (Å²) in [4.78, 5) is 12.7. The fourth-order valence-electron chi connectivity index (χ4n) is 3.79. The number of hydrogen-bond acceptors (Lipinski definition) is 2. The first kappa shape index (κ1) is 16.3. The molecule has 1 amide bonds. The summed E-state index contributed by atoms with van der Waals surface area (Å²) in [5.41, 5.74) is 5.90. The van der Waals surface area contributed by atoms with E-state index in [-0.39, 0.29) is 11.4 Å². The largest absolute Gasteiger partial charge is 0.416 e. The molecule has 0 unspecified atom stereocenters. The molecule has 1 aromatic rings. The Balaban J connectivity index is 1.76. The normalized spacial score (nSPS) is 30.3. The molecule has 3 aliphatic rings. The molecule has 3 nitrogen and oxygen atoms in total. The molecule has 3 N–H and O–H groups in total. The lowest BCUT2D eigenvalue weighted by Gasteiger charge is -2.50. The summed E-state index contributed by atoms with van der Waals surface area (Å²) < 4.78 is 38.1. The molecular formula is C17H21F3N2O. The number of rotatable bonds is 2. The van der Waals surface area contributed by atoms with Crippen LogP contribution < -0.4 is 11.1 Å². The highest BCUT2D eigenvalue weighted by molar-refractivity contribution is 5.96.